The first kappa shape index (κ1) is 38.3. The van der Waals surface area contributed by atoms with E-state index in [0.29, 0.717) is 39.3 Å². The highest BCUT2D eigenvalue weighted by molar-refractivity contribution is 5.82. The van der Waals surface area contributed by atoms with Gasteiger partial charge in [0.1, 0.15) is 0 Å². The van der Waals surface area contributed by atoms with Crippen LogP contribution in [0.3, 0.4) is 0 Å². The Balaban J connectivity index is 3.14. The zero-order valence-electron chi connectivity index (χ0n) is 27.3. The number of nitrogens with zero attached hydrogens (tertiary/aromatic N) is 1. The summed E-state index contributed by atoms with van der Waals surface area (Å²) in [5.41, 5.74) is -0.832. The van der Waals surface area contributed by atoms with Crippen molar-refractivity contribution in [2.24, 2.45) is 0 Å². The summed E-state index contributed by atoms with van der Waals surface area (Å²) in [6.07, 6.45) is 13.4. The number of carbonyl (C=O) groups excluding carboxylic acids is 3. The Morgan fingerprint density at radius 3 is 1.48 bits per heavy atom. The molecular formula is C32H65N7O3. The Kier molecular flexibility index (Phi) is 23.4. The van der Waals surface area contributed by atoms with Crippen LogP contribution in [-0.2, 0) is 14.4 Å². The number of unbranched alkanes of at least 4 members (excludes halogenated alkanes) is 9. The first-order chi connectivity index (χ1) is 20.5. The molecule has 10 nitrogen and oxygen atoms in total. The quantitative estimate of drug-likeness (QED) is 0.113. The molecule has 0 bridgehead atoms. The Labute approximate surface area is 257 Å². The third-order valence-corrected chi connectivity index (χ3v) is 8.01. The predicted octanol–water partition coefficient (Wildman–Crippen LogP) is 2.68. The highest BCUT2D eigenvalue weighted by Crippen LogP contribution is 2.25. The summed E-state index contributed by atoms with van der Waals surface area (Å²) in [5.74, 6) is -0.177. The van der Waals surface area contributed by atoms with Gasteiger partial charge in [0.25, 0.3) is 0 Å². The number of nitrogens with one attached hydrogen (secondary N) is 6. The molecule has 0 aliphatic carbocycles. The summed E-state index contributed by atoms with van der Waals surface area (Å²) >= 11 is 0. The molecule has 0 aromatic rings. The lowest BCUT2D eigenvalue weighted by Crippen LogP contribution is -2.62. The van der Waals surface area contributed by atoms with Gasteiger partial charge in [-0.25, -0.2) is 0 Å². The van der Waals surface area contributed by atoms with E-state index in [2.05, 4.69) is 57.6 Å². The summed E-state index contributed by atoms with van der Waals surface area (Å²) < 4.78 is 0. The molecule has 0 saturated carbocycles. The average molecular weight is 596 g/mol. The van der Waals surface area contributed by atoms with Crippen LogP contribution in [0.5, 0.6) is 0 Å². The molecule has 0 spiro atoms. The Hall–Kier alpha value is -1.75. The Morgan fingerprint density at radius 1 is 0.571 bits per heavy atom. The van der Waals surface area contributed by atoms with Gasteiger partial charge < -0.3 is 31.9 Å². The van der Waals surface area contributed by atoms with E-state index >= 15 is 0 Å². The molecule has 0 radical (unpaired) electrons. The van der Waals surface area contributed by atoms with Gasteiger partial charge >= 0.3 is 0 Å². The maximum absolute atomic E-state index is 13.4. The molecule has 0 aromatic heterocycles. The van der Waals surface area contributed by atoms with E-state index in [4.69, 9.17) is 0 Å². The van der Waals surface area contributed by atoms with Gasteiger partial charge in [0, 0.05) is 78.3 Å². The topological polar surface area (TPSA) is 127 Å². The summed E-state index contributed by atoms with van der Waals surface area (Å²) in [4.78, 5) is 42.1. The molecular weight excluding hydrogens is 530 g/mol. The fraction of sp³-hybridized carbons (Fsp3) is 0.906. The third kappa shape index (κ3) is 18.7. The van der Waals surface area contributed by atoms with Crippen LogP contribution in [0.25, 0.3) is 0 Å². The van der Waals surface area contributed by atoms with Crippen LogP contribution in [0.15, 0.2) is 0 Å². The van der Waals surface area contributed by atoms with Crippen molar-refractivity contribution in [3.63, 3.8) is 0 Å². The van der Waals surface area contributed by atoms with Crippen molar-refractivity contribution < 1.29 is 14.4 Å². The lowest BCUT2D eigenvalue weighted by atomic mass is 9.87. The van der Waals surface area contributed by atoms with Crippen LogP contribution in [0.4, 0.5) is 0 Å². The standard InChI is InChI=1S/C32H65N7O3/c1-4-7-10-13-16-36-29(40)25-32(26-30(41)37-17-14-11-8-5-2)28-35-22-21-33-19-20-34-23-24-39(32)27-31(42)38-18-15-12-9-6-3/h33-35H,4-28H2,1-3H3,(H,36,40)(H,37,41)(H,38,42). The molecule has 42 heavy (non-hydrogen) atoms. The normalized spacial score (nSPS) is 16.6. The molecule has 1 saturated heterocycles. The summed E-state index contributed by atoms with van der Waals surface area (Å²) in [6.45, 7) is 13.5. The van der Waals surface area contributed by atoms with Crippen LogP contribution in [0.2, 0.25) is 0 Å². The van der Waals surface area contributed by atoms with Crippen LogP contribution < -0.4 is 31.9 Å². The van der Waals surface area contributed by atoms with Gasteiger partial charge in [0.15, 0.2) is 0 Å². The van der Waals surface area contributed by atoms with Gasteiger partial charge in [0.2, 0.25) is 17.7 Å². The van der Waals surface area contributed by atoms with Crippen LogP contribution in [-0.4, -0.2) is 100 Å². The number of hydrogen-bond acceptors (Lipinski definition) is 7. The molecule has 10 heteroatoms. The Bertz CT molecular complexity index is 680. The molecule has 3 amide bonds. The van der Waals surface area contributed by atoms with E-state index in [-0.39, 0.29) is 37.1 Å². The van der Waals surface area contributed by atoms with Gasteiger partial charge in [-0.1, -0.05) is 78.6 Å². The fourth-order valence-electron chi connectivity index (χ4n) is 5.44. The van der Waals surface area contributed by atoms with E-state index in [1.807, 2.05) is 0 Å². The zero-order valence-corrected chi connectivity index (χ0v) is 27.3. The summed E-state index contributed by atoms with van der Waals surface area (Å²) in [6, 6.07) is 0. The molecule has 1 fully saturated rings. The van der Waals surface area contributed by atoms with Crippen molar-refractivity contribution in [1.82, 2.24) is 36.8 Å². The van der Waals surface area contributed by atoms with E-state index in [1.165, 1.54) is 6.42 Å². The SMILES string of the molecule is CCCCCCNC(=O)CN1CCNCCNCCNCC1(CC(=O)NCCCCCC)CC(=O)NCCCCCC. The molecule has 1 aliphatic heterocycles. The minimum Gasteiger partial charge on any atom is -0.356 e. The first-order valence-electron chi connectivity index (χ1n) is 17.1. The van der Waals surface area contributed by atoms with Crippen molar-refractivity contribution in [1.29, 1.82) is 0 Å². The van der Waals surface area contributed by atoms with Crippen molar-refractivity contribution >= 4 is 17.7 Å². The molecule has 1 rings (SSSR count). The minimum atomic E-state index is -0.832. The fourth-order valence-corrected chi connectivity index (χ4v) is 5.44. The van der Waals surface area contributed by atoms with Gasteiger partial charge in [0.05, 0.1) is 12.1 Å². The highest BCUT2D eigenvalue weighted by atomic mass is 16.2. The van der Waals surface area contributed by atoms with Crippen LogP contribution in [0.1, 0.15) is 111 Å². The number of hydrogen-bond donors (Lipinski definition) is 6. The van der Waals surface area contributed by atoms with Gasteiger partial charge in [-0.15, -0.1) is 0 Å². The molecule has 1 aliphatic rings. The third-order valence-electron chi connectivity index (χ3n) is 8.01. The smallest absolute Gasteiger partial charge is 0.234 e. The van der Waals surface area contributed by atoms with Crippen LogP contribution in [0, 0.1) is 0 Å². The zero-order chi connectivity index (χ0) is 30.7. The molecule has 0 atom stereocenters. The second-order valence-corrected chi connectivity index (χ2v) is 11.9. The minimum absolute atomic E-state index is 0.0513. The second kappa shape index (κ2) is 25.7. The maximum Gasteiger partial charge on any atom is 0.234 e. The second-order valence-electron chi connectivity index (χ2n) is 11.9. The first-order valence-corrected chi connectivity index (χ1v) is 17.1. The summed E-state index contributed by atoms with van der Waals surface area (Å²) in [5, 5.41) is 19.7. The van der Waals surface area contributed by atoms with Crippen molar-refractivity contribution in [2.45, 2.75) is 116 Å². The number of rotatable bonds is 21. The molecule has 6 N–H and O–H groups in total. The molecule has 0 aromatic carbocycles. The van der Waals surface area contributed by atoms with Crippen molar-refractivity contribution in [3.05, 3.63) is 0 Å². The number of amides is 3. The predicted molar refractivity (Wildman–Crippen MR) is 174 cm³/mol. The van der Waals surface area contributed by atoms with Gasteiger partial charge in [-0.05, 0) is 19.3 Å². The molecule has 0 unspecified atom stereocenters. The Morgan fingerprint density at radius 2 is 1.00 bits per heavy atom. The lowest BCUT2D eigenvalue weighted by molar-refractivity contribution is -0.132. The van der Waals surface area contributed by atoms with E-state index in [1.54, 1.807) is 0 Å². The van der Waals surface area contributed by atoms with E-state index < -0.39 is 5.54 Å². The van der Waals surface area contributed by atoms with E-state index in [9.17, 15) is 14.4 Å². The number of carbonyl (C=O) groups is 3. The molecule has 246 valence electrons. The molecule has 1 heterocycles. The maximum atomic E-state index is 13.4. The monoisotopic (exact) mass is 596 g/mol. The van der Waals surface area contributed by atoms with Crippen LogP contribution >= 0.6 is 0 Å². The van der Waals surface area contributed by atoms with Crippen molar-refractivity contribution in [3.8, 4) is 0 Å². The van der Waals surface area contributed by atoms with Crippen molar-refractivity contribution in [2.75, 3.05) is 72.0 Å². The highest BCUT2D eigenvalue weighted by Gasteiger charge is 2.41. The summed E-state index contributed by atoms with van der Waals surface area (Å²) in [7, 11) is 0. The largest absolute Gasteiger partial charge is 0.356 e. The average Bonchev–Trinajstić information content (AvgIpc) is 2.96. The van der Waals surface area contributed by atoms with Gasteiger partial charge in [-0.3, -0.25) is 19.3 Å². The van der Waals surface area contributed by atoms with E-state index in [0.717, 1.165) is 96.8 Å². The lowest BCUT2D eigenvalue weighted by Gasteiger charge is -2.44. The van der Waals surface area contributed by atoms with Gasteiger partial charge in [-0.2, -0.15) is 0 Å².